The molecule has 0 fully saturated rings. The van der Waals surface area contributed by atoms with E-state index in [0.29, 0.717) is 10.6 Å². The second-order valence-corrected chi connectivity index (χ2v) is 5.68. The van der Waals surface area contributed by atoms with Crippen LogP contribution in [0.2, 0.25) is 5.02 Å². The van der Waals surface area contributed by atoms with Crippen molar-refractivity contribution < 1.29 is 4.39 Å². The molecule has 1 aromatic heterocycles. The number of nitrogens with one attached hydrogen (secondary N) is 1. The largest absolute Gasteiger partial charge is 0.305 e. The number of aryl methyl sites for hydroxylation is 1. The molecule has 0 spiro atoms. The molecule has 1 unspecified atom stereocenters. The summed E-state index contributed by atoms with van der Waals surface area (Å²) in [6.07, 6.45) is 0.990. The van der Waals surface area contributed by atoms with Gasteiger partial charge in [0.25, 0.3) is 0 Å². The van der Waals surface area contributed by atoms with E-state index < -0.39 is 0 Å². The van der Waals surface area contributed by atoms with Gasteiger partial charge in [0.1, 0.15) is 5.82 Å². The standard InChI is InChI=1S/C14H16ClFN2S/c1-3-6-17-13(14-9(2)18-8-19-14)11-5-4-10(15)7-12(11)16/h4-5,7-8,13,17H,3,6H2,1-2H3. The lowest BCUT2D eigenvalue weighted by atomic mass is 10.0. The molecule has 0 saturated carbocycles. The predicted molar refractivity (Wildman–Crippen MR) is 78.4 cm³/mol. The molecule has 2 rings (SSSR count). The summed E-state index contributed by atoms with van der Waals surface area (Å²) in [4.78, 5) is 5.30. The summed E-state index contributed by atoms with van der Waals surface area (Å²) in [5.74, 6) is -0.283. The number of hydrogen-bond donors (Lipinski definition) is 1. The molecule has 1 atom stereocenters. The SMILES string of the molecule is CCCNC(c1ccc(Cl)cc1F)c1scnc1C. The van der Waals surface area contributed by atoms with E-state index in [1.54, 1.807) is 29.0 Å². The summed E-state index contributed by atoms with van der Waals surface area (Å²) in [6.45, 7) is 4.85. The molecule has 2 nitrogen and oxygen atoms in total. The zero-order chi connectivity index (χ0) is 13.8. The maximum absolute atomic E-state index is 14.1. The normalized spacial score (nSPS) is 12.6. The van der Waals surface area contributed by atoms with E-state index in [4.69, 9.17) is 11.6 Å². The maximum atomic E-state index is 14.1. The molecule has 5 heteroatoms. The molecular formula is C14H16ClFN2S. The van der Waals surface area contributed by atoms with Crippen molar-refractivity contribution in [2.75, 3.05) is 6.54 Å². The Labute approximate surface area is 121 Å². The monoisotopic (exact) mass is 298 g/mol. The van der Waals surface area contributed by atoms with Gasteiger partial charge in [0.2, 0.25) is 0 Å². The van der Waals surface area contributed by atoms with Crippen LogP contribution >= 0.6 is 22.9 Å². The molecule has 2 aromatic rings. The lowest BCUT2D eigenvalue weighted by molar-refractivity contribution is 0.549. The quantitative estimate of drug-likeness (QED) is 0.888. The molecule has 1 N–H and O–H groups in total. The first-order valence-corrected chi connectivity index (χ1v) is 7.47. The molecule has 0 aliphatic rings. The molecule has 0 saturated heterocycles. The molecule has 1 heterocycles. The van der Waals surface area contributed by atoms with Gasteiger partial charge in [-0.05, 0) is 32.0 Å². The molecule has 102 valence electrons. The third kappa shape index (κ3) is 3.32. The van der Waals surface area contributed by atoms with E-state index in [1.807, 2.05) is 6.92 Å². The third-order valence-electron chi connectivity index (χ3n) is 2.92. The van der Waals surface area contributed by atoms with Crippen LogP contribution in [-0.4, -0.2) is 11.5 Å². The second kappa shape index (κ2) is 6.46. The van der Waals surface area contributed by atoms with E-state index in [9.17, 15) is 4.39 Å². The van der Waals surface area contributed by atoms with Crippen LogP contribution in [-0.2, 0) is 0 Å². The fourth-order valence-corrected chi connectivity index (χ4v) is 3.01. The lowest BCUT2D eigenvalue weighted by Crippen LogP contribution is -2.24. The zero-order valence-corrected chi connectivity index (χ0v) is 12.5. The molecule has 0 aliphatic carbocycles. The molecule has 0 amide bonds. The van der Waals surface area contributed by atoms with Gasteiger partial charge in [0.05, 0.1) is 17.2 Å². The second-order valence-electron chi connectivity index (χ2n) is 4.35. The van der Waals surface area contributed by atoms with Crippen LogP contribution in [0.5, 0.6) is 0 Å². The van der Waals surface area contributed by atoms with Crippen LogP contribution in [0.3, 0.4) is 0 Å². The van der Waals surface area contributed by atoms with Gasteiger partial charge in [-0.2, -0.15) is 0 Å². The highest BCUT2D eigenvalue weighted by Gasteiger charge is 2.21. The van der Waals surface area contributed by atoms with Gasteiger partial charge in [-0.1, -0.05) is 24.6 Å². The van der Waals surface area contributed by atoms with E-state index in [2.05, 4.69) is 17.2 Å². The Balaban J connectivity index is 2.40. The summed E-state index contributed by atoms with van der Waals surface area (Å²) in [5.41, 5.74) is 3.34. The Hall–Kier alpha value is -0.970. The maximum Gasteiger partial charge on any atom is 0.129 e. The van der Waals surface area contributed by atoms with Gasteiger partial charge in [-0.25, -0.2) is 9.37 Å². The summed E-state index contributed by atoms with van der Waals surface area (Å²) in [6, 6.07) is 4.65. The summed E-state index contributed by atoms with van der Waals surface area (Å²) in [7, 11) is 0. The number of thiazole rings is 1. The highest BCUT2D eigenvalue weighted by atomic mass is 35.5. The molecular weight excluding hydrogens is 283 g/mol. The first-order valence-electron chi connectivity index (χ1n) is 6.21. The van der Waals surface area contributed by atoms with Crippen molar-refractivity contribution in [2.45, 2.75) is 26.3 Å². The highest BCUT2D eigenvalue weighted by Crippen LogP contribution is 2.30. The minimum Gasteiger partial charge on any atom is -0.305 e. The van der Waals surface area contributed by atoms with Crippen LogP contribution in [0.15, 0.2) is 23.7 Å². The Bertz CT molecular complexity index is 556. The van der Waals surface area contributed by atoms with Gasteiger partial charge >= 0.3 is 0 Å². The highest BCUT2D eigenvalue weighted by molar-refractivity contribution is 7.09. The topological polar surface area (TPSA) is 24.9 Å². The van der Waals surface area contributed by atoms with E-state index >= 15 is 0 Å². The number of benzene rings is 1. The summed E-state index contributed by atoms with van der Waals surface area (Å²) < 4.78 is 14.1. The summed E-state index contributed by atoms with van der Waals surface area (Å²) >= 11 is 7.35. The Morgan fingerprint density at radius 3 is 2.84 bits per heavy atom. The fraction of sp³-hybridized carbons (Fsp3) is 0.357. The number of halogens is 2. The van der Waals surface area contributed by atoms with Crippen molar-refractivity contribution in [1.29, 1.82) is 0 Å². The Morgan fingerprint density at radius 1 is 1.47 bits per heavy atom. The van der Waals surface area contributed by atoms with Gasteiger partial charge < -0.3 is 5.32 Å². The predicted octanol–water partition coefficient (Wildman–Crippen LogP) is 4.33. The first kappa shape index (κ1) is 14.4. The Morgan fingerprint density at radius 2 is 2.26 bits per heavy atom. The number of nitrogens with zero attached hydrogens (tertiary/aromatic N) is 1. The van der Waals surface area contributed by atoms with Crippen LogP contribution in [0.25, 0.3) is 0 Å². The lowest BCUT2D eigenvalue weighted by Gasteiger charge is -2.19. The molecule has 1 aromatic carbocycles. The summed E-state index contributed by atoms with van der Waals surface area (Å²) in [5, 5.41) is 3.79. The fourth-order valence-electron chi connectivity index (χ4n) is 1.96. The van der Waals surface area contributed by atoms with Crippen molar-refractivity contribution in [1.82, 2.24) is 10.3 Å². The van der Waals surface area contributed by atoms with Gasteiger partial charge in [0.15, 0.2) is 0 Å². The van der Waals surface area contributed by atoms with Crippen molar-refractivity contribution >= 4 is 22.9 Å². The number of rotatable bonds is 5. The average molecular weight is 299 g/mol. The van der Waals surface area contributed by atoms with Crippen molar-refractivity contribution in [3.63, 3.8) is 0 Å². The van der Waals surface area contributed by atoms with Gasteiger partial charge in [-0.15, -0.1) is 11.3 Å². The smallest absolute Gasteiger partial charge is 0.129 e. The van der Waals surface area contributed by atoms with Crippen molar-refractivity contribution in [3.8, 4) is 0 Å². The molecule has 0 bridgehead atoms. The minimum absolute atomic E-state index is 0.162. The molecule has 0 aliphatic heterocycles. The first-order chi connectivity index (χ1) is 9.13. The van der Waals surface area contributed by atoms with Crippen LogP contribution < -0.4 is 5.32 Å². The van der Waals surface area contributed by atoms with E-state index in [1.165, 1.54) is 6.07 Å². The van der Waals surface area contributed by atoms with Crippen LogP contribution in [0, 0.1) is 12.7 Å². The average Bonchev–Trinajstić information content (AvgIpc) is 2.78. The van der Waals surface area contributed by atoms with E-state index in [0.717, 1.165) is 23.5 Å². The minimum atomic E-state index is -0.283. The van der Waals surface area contributed by atoms with Gasteiger partial charge in [-0.3, -0.25) is 0 Å². The molecule has 0 radical (unpaired) electrons. The zero-order valence-electron chi connectivity index (χ0n) is 10.9. The number of hydrogen-bond acceptors (Lipinski definition) is 3. The third-order valence-corrected chi connectivity index (χ3v) is 4.15. The Kier molecular flexibility index (Phi) is 4.91. The van der Waals surface area contributed by atoms with Crippen molar-refractivity contribution in [3.05, 3.63) is 50.7 Å². The van der Waals surface area contributed by atoms with E-state index in [-0.39, 0.29) is 11.9 Å². The van der Waals surface area contributed by atoms with Crippen LogP contribution in [0.1, 0.15) is 35.5 Å². The van der Waals surface area contributed by atoms with Gasteiger partial charge in [0, 0.05) is 15.5 Å². The van der Waals surface area contributed by atoms with Crippen molar-refractivity contribution in [2.24, 2.45) is 0 Å². The molecule has 19 heavy (non-hydrogen) atoms. The number of aromatic nitrogens is 1. The van der Waals surface area contributed by atoms with Crippen LogP contribution in [0.4, 0.5) is 4.39 Å².